The molecule has 0 saturated carbocycles. The summed E-state index contributed by atoms with van der Waals surface area (Å²) in [6, 6.07) is 6.51. The molecule has 0 saturated heterocycles. The largest absolute Gasteiger partial charge is 0.461 e. The molecule has 2 amide bonds. The minimum atomic E-state index is -4.83. The molecule has 3 N–H and O–H groups in total. The lowest BCUT2D eigenvalue weighted by Crippen LogP contribution is -2.17. The first kappa shape index (κ1) is 25.8. The van der Waals surface area contributed by atoms with E-state index >= 15 is 0 Å². The van der Waals surface area contributed by atoms with Crippen LogP contribution in [0.15, 0.2) is 36.4 Å². The van der Waals surface area contributed by atoms with Gasteiger partial charge in [-0.1, -0.05) is 12.1 Å². The molecule has 0 aliphatic rings. The SMILES string of the molecule is CCOC(=O)c1cc(C(=O)Nc2c(C(N)=O)sc3nc(C(F)(F)F)cc(-c4ccc(F)cc4)c23)nn1C. The van der Waals surface area contributed by atoms with Crippen LogP contribution in [0.25, 0.3) is 21.3 Å². The molecule has 9 nitrogen and oxygen atoms in total. The van der Waals surface area contributed by atoms with E-state index in [1.807, 2.05) is 0 Å². The summed E-state index contributed by atoms with van der Waals surface area (Å²) in [5, 5.41) is 6.43. The van der Waals surface area contributed by atoms with E-state index in [0.717, 1.165) is 28.9 Å². The number of primary amides is 1. The van der Waals surface area contributed by atoms with Gasteiger partial charge in [0.15, 0.2) is 5.69 Å². The number of nitrogens with zero attached hydrogens (tertiary/aromatic N) is 3. The van der Waals surface area contributed by atoms with Gasteiger partial charge in [0.2, 0.25) is 0 Å². The molecule has 192 valence electrons. The summed E-state index contributed by atoms with van der Waals surface area (Å²) >= 11 is 0.557. The number of fused-ring (bicyclic) bond motifs is 1. The highest BCUT2D eigenvalue weighted by molar-refractivity contribution is 7.21. The number of anilines is 1. The van der Waals surface area contributed by atoms with Crippen LogP contribution in [0.5, 0.6) is 0 Å². The number of amides is 2. The van der Waals surface area contributed by atoms with Crippen molar-refractivity contribution >= 4 is 45.0 Å². The van der Waals surface area contributed by atoms with Crippen molar-refractivity contribution < 1.29 is 36.7 Å². The highest BCUT2D eigenvalue weighted by atomic mass is 32.1. The molecule has 0 aliphatic heterocycles. The number of nitrogens with two attached hydrogens (primary N) is 1. The maximum absolute atomic E-state index is 13.6. The Morgan fingerprint density at radius 3 is 2.43 bits per heavy atom. The summed E-state index contributed by atoms with van der Waals surface area (Å²) in [5.41, 5.74) is 3.87. The third kappa shape index (κ3) is 5.00. The third-order valence-corrected chi connectivity index (χ3v) is 6.27. The molecule has 0 radical (unpaired) electrons. The number of hydrogen-bond acceptors (Lipinski definition) is 7. The lowest BCUT2D eigenvalue weighted by atomic mass is 10.0. The molecule has 0 unspecified atom stereocenters. The number of thiophene rings is 1. The summed E-state index contributed by atoms with van der Waals surface area (Å²) in [4.78, 5) is 40.5. The number of alkyl halides is 3. The number of aryl methyl sites for hydroxylation is 1. The minimum absolute atomic E-state index is 0.00620. The lowest BCUT2D eigenvalue weighted by Gasteiger charge is -2.12. The molecule has 4 aromatic rings. The Hall–Kier alpha value is -4.33. The summed E-state index contributed by atoms with van der Waals surface area (Å²) in [7, 11) is 1.41. The van der Waals surface area contributed by atoms with E-state index < -0.39 is 35.5 Å². The van der Waals surface area contributed by atoms with Crippen molar-refractivity contribution in [3.05, 3.63) is 64.2 Å². The Kier molecular flexibility index (Phi) is 6.69. The summed E-state index contributed by atoms with van der Waals surface area (Å²) in [5.74, 6) is -3.24. The first-order chi connectivity index (χ1) is 17.4. The maximum atomic E-state index is 13.6. The van der Waals surface area contributed by atoms with Crippen LogP contribution in [0.1, 0.15) is 43.3 Å². The molecule has 37 heavy (non-hydrogen) atoms. The van der Waals surface area contributed by atoms with Crippen molar-refractivity contribution in [1.82, 2.24) is 14.8 Å². The molecule has 0 spiro atoms. The van der Waals surface area contributed by atoms with Gasteiger partial charge in [-0.15, -0.1) is 11.3 Å². The van der Waals surface area contributed by atoms with Crippen molar-refractivity contribution in [2.75, 3.05) is 11.9 Å². The number of carbonyl (C=O) groups is 3. The zero-order valence-electron chi connectivity index (χ0n) is 19.1. The molecule has 3 aromatic heterocycles. The number of hydrogen-bond donors (Lipinski definition) is 2. The maximum Gasteiger partial charge on any atom is 0.433 e. The van der Waals surface area contributed by atoms with Crippen LogP contribution < -0.4 is 11.1 Å². The molecule has 0 fully saturated rings. The van der Waals surface area contributed by atoms with Crippen LogP contribution in [0.3, 0.4) is 0 Å². The number of nitrogens with one attached hydrogen (secondary N) is 1. The number of aromatic nitrogens is 3. The van der Waals surface area contributed by atoms with Crippen LogP contribution in [0.2, 0.25) is 0 Å². The smallest absolute Gasteiger partial charge is 0.433 e. The van der Waals surface area contributed by atoms with Gasteiger partial charge in [-0.2, -0.15) is 18.3 Å². The van der Waals surface area contributed by atoms with Gasteiger partial charge in [-0.05, 0) is 36.2 Å². The molecule has 3 heterocycles. The van der Waals surface area contributed by atoms with Gasteiger partial charge in [-0.25, -0.2) is 14.2 Å². The number of carbonyl (C=O) groups excluding carboxylic acids is 3. The van der Waals surface area contributed by atoms with Crippen molar-refractivity contribution in [2.24, 2.45) is 12.8 Å². The van der Waals surface area contributed by atoms with Crippen LogP contribution in [-0.4, -0.2) is 39.2 Å². The number of esters is 1. The number of ether oxygens (including phenoxy) is 1. The van der Waals surface area contributed by atoms with E-state index in [9.17, 15) is 31.9 Å². The molecule has 0 bridgehead atoms. The number of halogens is 4. The number of pyridine rings is 1. The molecule has 4 rings (SSSR count). The fraction of sp³-hybridized carbons (Fsp3) is 0.174. The van der Waals surface area contributed by atoms with Crippen LogP contribution in [0, 0.1) is 5.82 Å². The topological polar surface area (TPSA) is 129 Å². The van der Waals surface area contributed by atoms with Crippen molar-refractivity contribution in [2.45, 2.75) is 13.1 Å². The highest BCUT2D eigenvalue weighted by Crippen LogP contribution is 2.43. The van der Waals surface area contributed by atoms with Gasteiger partial charge in [-0.3, -0.25) is 14.3 Å². The molecule has 1 aromatic carbocycles. The van der Waals surface area contributed by atoms with Gasteiger partial charge in [0, 0.05) is 18.5 Å². The Balaban J connectivity index is 1.90. The monoisotopic (exact) mass is 535 g/mol. The Labute approximate surface area is 209 Å². The van der Waals surface area contributed by atoms with Crippen molar-refractivity contribution in [3.8, 4) is 11.1 Å². The molecular formula is C23H17F4N5O4S. The summed E-state index contributed by atoms with van der Waals surface area (Å²) in [6.45, 7) is 1.69. The zero-order chi connectivity index (χ0) is 27.1. The second kappa shape index (κ2) is 9.61. The van der Waals surface area contributed by atoms with Gasteiger partial charge in [0.1, 0.15) is 26.9 Å². The normalized spacial score (nSPS) is 11.5. The highest BCUT2D eigenvalue weighted by Gasteiger charge is 2.35. The van der Waals surface area contributed by atoms with Gasteiger partial charge >= 0.3 is 12.1 Å². The molecule has 14 heteroatoms. The lowest BCUT2D eigenvalue weighted by molar-refractivity contribution is -0.140. The van der Waals surface area contributed by atoms with Gasteiger partial charge in [0.25, 0.3) is 11.8 Å². The predicted molar refractivity (Wildman–Crippen MR) is 126 cm³/mol. The quantitative estimate of drug-likeness (QED) is 0.279. The molecule has 0 atom stereocenters. The third-order valence-electron chi connectivity index (χ3n) is 5.17. The second-order valence-electron chi connectivity index (χ2n) is 7.62. The van der Waals surface area contributed by atoms with Gasteiger partial charge < -0.3 is 15.8 Å². The van der Waals surface area contributed by atoms with Crippen LogP contribution in [-0.2, 0) is 18.0 Å². The number of rotatable bonds is 6. The fourth-order valence-electron chi connectivity index (χ4n) is 3.55. The number of benzene rings is 1. The van der Waals surface area contributed by atoms with E-state index in [4.69, 9.17) is 10.5 Å². The fourth-order valence-corrected chi connectivity index (χ4v) is 4.55. The zero-order valence-corrected chi connectivity index (χ0v) is 20.0. The average Bonchev–Trinajstić information content (AvgIpc) is 3.39. The van der Waals surface area contributed by atoms with Gasteiger partial charge in [0.05, 0.1) is 12.3 Å². The van der Waals surface area contributed by atoms with E-state index in [1.54, 1.807) is 6.92 Å². The average molecular weight is 535 g/mol. The summed E-state index contributed by atoms with van der Waals surface area (Å²) in [6.07, 6.45) is -4.83. The second-order valence-corrected chi connectivity index (χ2v) is 8.62. The Morgan fingerprint density at radius 1 is 1.16 bits per heavy atom. The first-order valence-corrected chi connectivity index (χ1v) is 11.3. The standard InChI is InChI=1S/C23H17F4N5O4S/c1-3-36-22(35)14-9-13(31-32(14)2)20(34)30-17-16-12(10-4-6-11(24)7-5-10)8-15(23(25,26)27)29-21(16)37-18(17)19(28)33/h4-9H,3H2,1-2H3,(H2,28,33)(H,30,34). The Bertz CT molecular complexity index is 1540. The van der Waals surface area contributed by atoms with Crippen LogP contribution in [0.4, 0.5) is 23.2 Å². The Morgan fingerprint density at radius 2 is 1.84 bits per heavy atom. The van der Waals surface area contributed by atoms with E-state index in [-0.39, 0.29) is 49.9 Å². The van der Waals surface area contributed by atoms with E-state index in [0.29, 0.717) is 11.3 Å². The minimum Gasteiger partial charge on any atom is -0.461 e. The molecule has 0 aliphatic carbocycles. The first-order valence-electron chi connectivity index (χ1n) is 10.5. The van der Waals surface area contributed by atoms with E-state index in [2.05, 4.69) is 15.4 Å². The van der Waals surface area contributed by atoms with E-state index in [1.165, 1.54) is 19.2 Å². The predicted octanol–water partition coefficient (Wildman–Crippen LogP) is 4.38. The van der Waals surface area contributed by atoms with Crippen molar-refractivity contribution in [3.63, 3.8) is 0 Å². The summed E-state index contributed by atoms with van der Waals surface area (Å²) < 4.78 is 60.4. The molecular weight excluding hydrogens is 518 g/mol. The van der Waals surface area contributed by atoms with Crippen molar-refractivity contribution in [1.29, 1.82) is 0 Å². The van der Waals surface area contributed by atoms with Crippen LogP contribution >= 0.6 is 11.3 Å².